The van der Waals surface area contributed by atoms with Gasteiger partial charge in [0.15, 0.2) is 0 Å². The minimum atomic E-state index is -0.200. The number of aromatic nitrogens is 2. The third-order valence-electron chi connectivity index (χ3n) is 4.21. The van der Waals surface area contributed by atoms with Crippen molar-refractivity contribution in [1.82, 2.24) is 9.55 Å². The molecule has 1 aliphatic heterocycles. The Morgan fingerprint density at radius 2 is 2.33 bits per heavy atom. The fourth-order valence-electron chi connectivity index (χ4n) is 2.95. The lowest BCUT2D eigenvalue weighted by molar-refractivity contribution is 0.183. The molecular weight excluding hydrogens is 291 g/mol. The van der Waals surface area contributed by atoms with E-state index in [1.54, 1.807) is 6.92 Å². The highest BCUT2D eigenvalue weighted by atomic mass is 35.5. The van der Waals surface area contributed by atoms with E-state index in [4.69, 9.17) is 16.3 Å². The maximum Gasteiger partial charge on any atom is 0.128 e. The zero-order valence-corrected chi connectivity index (χ0v) is 13.0. The van der Waals surface area contributed by atoms with Gasteiger partial charge in [0.25, 0.3) is 0 Å². The van der Waals surface area contributed by atoms with Crippen LogP contribution in [-0.2, 0) is 17.7 Å². The zero-order valence-electron chi connectivity index (χ0n) is 12.2. The maximum atomic E-state index is 13.7. The van der Waals surface area contributed by atoms with E-state index in [9.17, 15) is 4.39 Å². The molecule has 0 amide bonds. The summed E-state index contributed by atoms with van der Waals surface area (Å²) in [6.45, 7) is 4.40. The maximum absolute atomic E-state index is 13.7. The Balaban J connectivity index is 1.92. The lowest BCUT2D eigenvalue weighted by Gasteiger charge is -2.12. The van der Waals surface area contributed by atoms with Crippen molar-refractivity contribution in [3.8, 4) is 0 Å². The van der Waals surface area contributed by atoms with Gasteiger partial charge in [0.2, 0.25) is 0 Å². The van der Waals surface area contributed by atoms with Crippen molar-refractivity contribution in [2.45, 2.75) is 32.7 Å². The molecule has 1 atom stereocenters. The van der Waals surface area contributed by atoms with E-state index in [-0.39, 0.29) is 5.82 Å². The largest absolute Gasteiger partial charge is 0.381 e. The number of hydrogen-bond donors (Lipinski definition) is 0. The summed E-state index contributed by atoms with van der Waals surface area (Å²) in [5.74, 6) is 1.89. The fraction of sp³-hybridized carbons (Fsp3) is 0.562. The third-order valence-corrected chi connectivity index (χ3v) is 4.40. The van der Waals surface area contributed by atoms with Crippen LogP contribution in [0.5, 0.6) is 0 Å². The van der Waals surface area contributed by atoms with Gasteiger partial charge in [-0.15, -0.1) is 11.6 Å². The van der Waals surface area contributed by atoms with Crippen LogP contribution in [0.4, 0.5) is 4.39 Å². The van der Waals surface area contributed by atoms with Crippen LogP contribution < -0.4 is 0 Å². The summed E-state index contributed by atoms with van der Waals surface area (Å²) in [6, 6.07) is 3.41. The van der Waals surface area contributed by atoms with E-state index in [1.807, 2.05) is 6.07 Å². The minimum absolute atomic E-state index is 0.200. The third kappa shape index (κ3) is 3.06. The summed E-state index contributed by atoms with van der Waals surface area (Å²) in [5, 5.41) is 0. The molecule has 0 N–H and O–H groups in total. The number of hydrogen-bond acceptors (Lipinski definition) is 2. The lowest BCUT2D eigenvalue weighted by atomic mass is 10.1. The smallest absolute Gasteiger partial charge is 0.128 e. The first kappa shape index (κ1) is 14.8. The lowest BCUT2D eigenvalue weighted by Crippen LogP contribution is -2.09. The molecule has 1 aliphatic rings. The summed E-state index contributed by atoms with van der Waals surface area (Å²) >= 11 is 5.88. The molecule has 1 aromatic carbocycles. The highest BCUT2D eigenvalue weighted by Crippen LogP contribution is 2.24. The number of halogens is 2. The second-order valence-electron chi connectivity index (χ2n) is 5.73. The van der Waals surface area contributed by atoms with Gasteiger partial charge in [0.05, 0.1) is 11.0 Å². The van der Waals surface area contributed by atoms with Gasteiger partial charge < -0.3 is 9.30 Å². The van der Waals surface area contributed by atoms with Gasteiger partial charge in [-0.25, -0.2) is 9.37 Å². The van der Waals surface area contributed by atoms with E-state index in [0.717, 1.165) is 49.5 Å². The predicted octanol–water partition coefficient (Wildman–Crippen LogP) is 3.69. The van der Waals surface area contributed by atoms with E-state index < -0.39 is 0 Å². The Labute approximate surface area is 129 Å². The summed E-state index contributed by atoms with van der Waals surface area (Å²) < 4.78 is 21.3. The molecule has 1 unspecified atom stereocenters. The first-order valence-corrected chi connectivity index (χ1v) is 8.01. The predicted molar refractivity (Wildman–Crippen MR) is 82.4 cm³/mol. The van der Waals surface area contributed by atoms with Crippen LogP contribution in [0.1, 0.15) is 24.2 Å². The average molecular weight is 311 g/mol. The number of benzene rings is 1. The molecule has 1 saturated heterocycles. The van der Waals surface area contributed by atoms with Crippen molar-refractivity contribution < 1.29 is 9.13 Å². The molecule has 0 saturated carbocycles. The van der Waals surface area contributed by atoms with Crippen LogP contribution in [0.15, 0.2) is 12.1 Å². The van der Waals surface area contributed by atoms with Crippen molar-refractivity contribution >= 4 is 22.6 Å². The van der Waals surface area contributed by atoms with E-state index in [2.05, 4.69) is 9.55 Å². The average Bonchev–Trinajstić information content (AvgIpc) is 3.06. The van der Waals surface area contributed by atoms with Crippen LogP contribution in [0.25, 0.3) is 11.0 Å². The van der Waals surface area contributed by atoms with Gasteiger partial charge in [0, 0.05) is 38.1 Å². The number of aryl methyl sites for hydroxylation is 3. The quantitative estimate of drug-likeness (QED) is 0.788. The van der Waals surface area contributed by atoms with Gasteiger partial charge >= 0.3 is 0 Å². The normalized spacial score (nSPS) is 18.7. The number of imidazole rings is 1. The zero-order chi connectivity index (χ0) is 14.8. The molecule has 0 radical (unpaired) electrons. The number of alkyl halides is 1. The standard InChI is InChI=1S/C16H20ClFN2O/c1-11-8-15-14(9-13(11)18)19-16(2-5-17)20(15)6-3-12-4-7-21-10-12/h8-9,12H,2-7,10H2,1H3. The molecule has 1 aromatic heterocycles. The van der Waals surface area contributed by atoms with Crippen molar-refractivity contribution in [3.05, 3.63) is 29.3 Å². The summed E-state index contributed by atoms with van der Waals surface area (Å²) in [5.41, 5.74) is 2.39. The molecule has 3 nitrogen and oxygen atoms in total. The van der Waals surface area contributed by atoms with Crippen LogP contribution in [0.3, 0.4) is 0 Å². The Hall–Kier alpha value is -1.13. The van der Waals surface area contributed by atoms with Gasteiger partial charge in [0.1, 0.15) is 11.6 Å². The van der Waals surface area contributed by atoms with Gasteiger partial charge in [-0.1, -0.05) is 0 Å². The van der Waals surface area contributed by atoms with Crippen LogP contribution in [0, 0.1) is 18.7 Å². The molecule has 114 valence electrons. The van der Waals surface area contributed by atoms with Crippen molar-refractivity contribution in [1.29, 1.82) is 0 Å². The van der Waals surface area contributed by atoms with E-state index >= 15 is 0 Å². The molecule has 1 fully saturated rings. The number of ether oxygens (including phenoxy) is 1. The highest BCUT2D eigenvalue weighted by molar-refractivity contribution is 6.17. The number of fused-ring (bicyclic) bond motifs is 1. The van der Waals surface area contributed by atoms with E-state index in [0.29, 0.717) is 23.8 Å². The molecular formula is C16H20ClFN2O. The van der Waals surface area contributed by atoms with Gasteiger partial charge in [-0.3, -0.25) is 0 Å². The van der Waals surface area contributed by atoms with Crippen molar-refractivity contribution in [3.63, 3.8) is 0 Å². The number of nitrogens with zero attached hydrogens (tertiary/aromatic N) is 2. The molecule has 21 heavy (non-hydrogen) atoms. The second kappa shape index (κ2) is 6.32. The summed E-state index contributed by atoms with van der Waals surface area (Å²) in [7, 11) is 0. The van der Waals surface area contributed by atoms with Gasteiger partial charge in [-0.05, 0) is 37.3 Å². The Morgan fingerprint density at radius 1 is 1.48 bits per heavy atom. The Bertz CT molecular complexity index is 635. The molecule has 2 heterocycles. The van der Waals surface area contributed by atoms with Crippen LogP contribution >= 0.6 is 11.6 Å². The van der Waals surface area contributed by atoms with Gasteiger partial charge in [-0.2, -0.15) is 0 Å². The van der Waals surface area contributed by atoms with Crippen molar-refractivity contribution in [2.24, 2.45) is 5.92 Å². The SMILES string of the molecule is Cc1cc2c(cc1F)nc(CCCl)n2CCC1CCOC1. The highest BCUT2D eigenvalue weighted by Gasteiger charge is 2.18. The van der Waals surface area contributed by atoms with Crippen LogP contribution in [0.2, 0.25) is 0 Å². The summed E-state index contributed by atoms with van der Waals surface area (Å²) in [6.07, 6.45) is 2.90. The second-order valence-corrected chi connectivity index (χ2v) is 6.11. The minimum Gasteiger partial charge on any atom is -0.381 e. The monoisotopic (exact) mass is 310 g/mol. The molecule has 2 aromatic rings. The topological polar surface area (TPSA) is 27.1 Å². The Morgan fingerprint density at radius 3 is 3.05 bits per heavy atom. The molecule has 0 aliphatic carbocycles. The number of rotatable bonds is 5. The first-order chi connectivity index (χ1) is 10.2. The van der Waals surface area contributed by atoms with E-state index in [1.165, 1.54) is 6.07 Å². The fourth-order valence-corrected chi connectivity index (χ4v) is 3.12. The molecule has 0 spiro atoms. The van der Waals surface area contributed by atoms with Crippen molar-refractivity contribution in [2.75, 3.05) is 19.1 Å². The molecule has 3 rings (SSSR count). The Kier molecular flexibility index (Phi) is 4.45. The molecule has 0 bridgehead atoms. The van der Waals surface area contributed by atoms with Crippen LogP contribution in [-0.4, -0.2) is 28.6 Å². The first-order valence-electron chi connectivity index (χ1n) is 7.48. The molecule has 5 heteroatoms. The summed E-state index contributed by atoms with van der Waals surface area (Å²) in [4.78, 5) is 4.56.